The van der Waals surface area contributed by atoms with Gasteiger partial charge in [-0.25, -0.2) is 0 Å². The molecule has 160 valence electrons. The summed E-state index contributed by atoms with van der Waals surface area (Å²) in [6.07, 6.45) is 0.801. The fourth-order valence-electron chi connectivity index (χ4n) is 3.87. The average Bonchev–Trinajstić information content (AvgIpc) is 3.13. The summed E-state index contributed by atoms with van der Waals surface area (Å²) >= 11 is 0. The van der Waals surface area contributed by atoms with Crippen LogP contribution in [-0.4, -0.2) is 33.0 Å². The Morgan fingerprint density at radius 2 is 1.74 bits per heavy atom. The van der Waals surface area contributed by atoms with Gasteiger partial charge in [0.15, 0.2) is 5.69 Å². The Hall–Kier alpha value is -3.41. The van der Waals surface area contributed by atoms with Crippen molar-refractivity contribution in [1.29, 1.82) is 0 Å². The quantitative estimate of drug-likeness (QED) is 0.688. The van der Waals surface area contributed by atoms with E-state index in [1.807, 2.05) is 25.7 Å². The normalized spacial score (nSPS) is 13.6. The lowest BCUT2D eigenvalue weighted by molar-refractivity contribution is 0.0745. The van der Waals surface area contributed by atoms with Crippen molar-refractivity contribution in [3.8, 4) is 0 Å². The van der Waals surface area contributed by atoms with Crippen LogP contribution in [0.3, 0.4) is 0 Å². The number of benzene rings is 2. The highest BCUT2D eigenvalue weighted by molar-refractivity contribution is 5.98. The molecule has 4 rings (SSSR count). The molecule has 0 spiro atoms. The summed E-state index contributed by atoms with van der Waals surface area (Å²) in [5.74, 6) is -0.349. The smallest absolute Gasteiger partial charge is 0.272 e. The van der Waals surface area contributed by atoms with Crippen molar-refractivity contribution >= 4 is 11.8 Å². The standard InChI is InChI=1S/C25H28N4O2/c1-17-6-9-20(10-7-17)16-28-11-4-12-29-23(25(28)31)14-22(27-29)24(30)26-15-21-13-18(2)5-8-19(21)3/h5-10,13-14H,4,11-12,15-16H2,1-3H3,(H,26,30). The molecule has 0 atom stereocenters. The highest BCUT2D eigenvalue weighted by atomic mass is 16.2. The molecule has 6 nitrogen and oxygen atoms in total. The number of carbonyl (C=O) groups is 2. The van der Waals surface area contributed by atoms with Gasteiger partial charge in [0.25, 0.3) is 11.8 Å². The molecule has 0 aliphatic carbocycles. The molecule has 0 saturated carbocycles. The van der Waals surface area contributed by atoms with Gasteiger partial charge in [-0.3, -0.25) is 14.3 Å². The second-order valence-corrected chi connectivity index (χ2v) is 8.32. The van der Waals surface area contributed by atoms with Gasteiger partial charge in [-0.15, -0.1) is 0 Å². The maximum Gasteiger partial charge on any atom is 0.272 e. The summed E-state index contributed by atoms with van der Waals surface area (Å²) in [4.78, 5) is 27.7. The number of fused-ring (bicyclic) bond motifs is 1. The molecule has 3 aromatic rings. The van der Waals surface area contributed by atoms with Gasteiger partial charge in [0.1, 0.15) is 5.69 Å². The molecule has 0 bridgehead atoms. The number of nitrogens with zero attached hydrogens (tertiary/aromatic N) is 3. The first-order valence-corrected chi connectivity index (χ1v) is 10.7. The van der Waals surface area contributed by atoms with Crippen LogP contribution in [0.15, 0.2) is 48.5 Å². The molecular formula is C25H28N4O2. The van der Waals surface area contributed by atoms with Crippen molar-refractivity contribution in [3.05, 3.63) is 87.7 Å². The molecule has 0 unspecified atom stereocenters. The number of nitrogens with one attached hydrogen (secondary N) is 1. The van der Waals surface area contributed by atoms with E-state index in [0.29, 0.717) is 31.9 Å². The van der Waals surface area contributed by atoms with Crippen molar-refractivity contribution in [2.75, 3.05) is 6.54 Å². The van der Waals surface area contributed by atoms with Gasteiger partial charge in [0.05, 0.1) is 0 Å². The highest BCUT2D eigenvalue weighted by Crippen LogP contribution is 2.17. The summed E-state index contributed by atoms with van der Waals surface area (Å²) in [6, 6.07) is 16.0. The number of carbonyl (C=O) groups excluding carboxylic acids is 2. The molecule has 0 radical (unpaired) electrons. The minimum Gasteiger partial charge on any atom is -0.347 e. The second-order valence-electron chi connectivity index (χ2n) is 8.32. The van der Waals surface area contributed by atoms with Gasteiger partial charge < -0.3 is 10.2 Å². The molecule has 1 N–H and O–H groups in total. The third-order valence-corrected chi connectivity index (χ3v) is 5.75. The molecule has 1 aliphatic rings. The second kappa shape index (κ2) is 8.76. The number of hydrogen-bond acceptors (Lipinski definition) is 3. The first-order chi connectivity index (χ1) is 14.9. The molecule has 1 aliphatic heterocycles. The number of rotatable bonds is 5. The van der Waals surface area contributed by atoms with Crippen LogP contribution in [0.2, 0.25) is 0 Å². The van der Waals surface area contributed by atoms with E-state index in [2.05, 4.69) is 52.9 Å². The first-order valence-electron chi connectivity index (χ1n) is 10.7. The fourth-order valence-corrected chi connectivity index (χ4v) is 3.87. The number of aryl methyl sites for hydroxylation is 4. The predicted octanol–water partition coefficient (Wildman–Crippen LogP) is 3.78. The molecule has 1 aromatic heterocycles. The van der Waals surface area contributed by atoms with Gasteiger partial charge in [0, 0.05) is 32.2 Å². The topological polar surface area (TPSA) is 67.2 Å². The van der Waals surface area contributed by atoms with Crippen molar-refractivity contribution in [3.63, 3.8) is 0 Å². The maximum atomic E-state index is 13.1. The van der Waals surface area contributed by atoms with Gasteiger partial charge >= 0.3 is 0 Å². The lowest BCUT2D eigenvalue weighted by Crippen LogP contribution is -2.30. The molecule has 6 heteroatoms. The monoisotopic (exact) mass is 416 g/mol. The molecule has 0 fully saturated rings. The van der Waals surface area contributed by atoms with Crippen molar-refractivity contribution < 1.29 is 9.59 Å². The summed E-state index contributed by atoms with van der Waals surface area (Å²) in [6.45, 7) is 8.39. The van der Waals surface area contributed by atoms with Crippen LogP contribution in [-0.2, 0) is 19.6 Å². The number of hydrogen-bond donors (Lipinski definition) is 1. The van der Waals surface area contributed by atoms with Crippen LogP contribution in [0.1, 0.15) is 55.2 Å². The van der Waals surface area contributed by atoms with Gasteiger partial charge in [-0.1, -0.05) is 53.6 Å². The zero-order valence-electron chi connectivity index (χ0n) is 18.3. The molecule has 31 heavy (non-hydrogen) atoms. The van der Waals surface area contributed by atoms with E-state index in [0.717, 1.165) is 28.7 Å². The highest BCUT2D eigenvalue weighted by Gasteiger charge is 2.26. The summed E-state index contributed by atoms with van der Waals surface area (Å²) in [5, 5.41) is 7.36. The molecule has 2 heterocycles. The molecular weight excluding hydrogens is 388 g/mol. The van der Waals surface area contributed by atoms with E-state index in [1.54, 1.807) is 10.7 Å². The van der Waals surface area contributed by atoms with Crippen LogP contribution >= 0.6 is 0 Å². The molecule has 2 aromatic carbocycles. The SMILES string of the molecule is Cc1ccc(CN2CCCn3nc(C(=O)NCc4cc(C)ccc4C)cc3C2=O)cc1. The third-order valence-electron chi connectivity index (χ3n) is 5.75. The Morgan fingerprint density at radius 3 is 2.52 bits per heavy atom. The van der Waals surface area contributed by atoms with Gasteiger partial charge in [-0.2, -0.15) is 5.10 Å². The van der Waals surface area contributed by atoms with E-state index >= 15 is 0 Å². The molecule has 0 saturated heterocycles. The van der Waals surface area contributed by atoms with Crippen LogP contribution in [0.4, 0.5) is 0 Å². The molecule has 2 amide bonds. The van der Waals surface area contributed by atoms with E-state index in [1.165, 1.54) is 5.56 Å². The summed E-state index contributed by atoms with van der Waals surface area (Å²) in [7, 11) is 0. The Balaban J connectivity index is 1.47. The number of amides is 2. The van der Waals surface area contributed by atoms with Crippen LogP contribution in [0, 0.1) is 20.8 Å². The minimum absolute atomic E-state index is 0.0841. The largest absolute Gasteiger partial charge is 0.347 e. The van der Waals surface area contributed by atoms with Crippen LogP contribution < -0.4 is 5.32 Å². The lowest BCUT2D eigenvalue weighted by Gasteiger charge is -2.20. The Kier molecular flexibility index (Phi) is 5.89. The third kappa shape index (κ3) is 4.68. The van der Waals surface area contributed by atoms with Crippen molar-refractivity contribution in [2.24, 2.45) is 0 Å². The van der Waals surface area contributed by atoms with E-state index in [4.69, 9.17) is 0 Å². The minimum atomic E-state index is -0.264. The van der Waals surface area contributed by atoms with E-state index in [9.17, 15) is 9.59 Å². The summed E-state index contributed by atoms with van der Waals surface area (Å²) in [5.41, 5.74) is 6.41. The lowest BCUT2D eigenvalue weighted by atomic mass is 10.1. The zero-order valence-corrected chi connectivity index (χ0v) is 18.3. The van der Waals surface area contributed by atoms with Gasteiger partial charge in [-0.05, 0) is 43.9 Å². The fraction of sp³-hybridized carbons (Fsp3) is 0.320. The van der Waals surface area contributed by atoms with Crippen molar-refractivity contribution in [2.45, 2.75) is 46.8 Å². The number of aromatic nitrogens is 2. The zero-order chi connectivity index (χ0) is 22.0. The predicted molar refractivity (Wildman–Crippen MR) is 120 cm³/mol. The Bertz CT molecular complexity index is 1120. The Labute approximate surface area is 182 Å². The maximum absolute atomic E-state index is 13.1. The van der Waals surface area contributed by atoms with Crippen LogP contribution in [0.25, 0.3) is 0 Å². The van der Waals surface area contributed by atoms with E-state index < -0.39 is 0 Å². The Morgan fingerprint density at radius 1 is 1.00 bits per heavy atom. The van der Waals surface area contributed by atoms with Crippen molar-refractivity contribution in [1.82, 2.24) is 20.0 Å². The van der Waals surface area contributed by atoms with Gasteiger partial charge in [0.2, 0.25) is 0 Å². The first kappa shape index (κ1) is 20.8. The average molecular weight is 417 g/mol. The van der Waals surface area contributed by atoms with Crippen LogP contribution in [0.5, 0.6) is 0 Å². The van der Waals surface area contributed by atoms with E-state index in [-0.39, 0.29) is 17.5 Å². The summed E-state index contributed by atoms with van der Waals surface area (Å²) < 4.78 is 1.67.